The molecule has 1 aromatic heterocycles. The average Bonchev–Trinajstić information content (AvgIpc) is 2.97. The molecule has 0 unspecified atom stereocenters. The first-order valence-corrected chi connectivity index (χ1v) is 9.29. The molecule has 0 atom stereocenters. The Balaban J connectivity index is 1.48. The highest BCUT2D eigenvalue weighted by Gasteiger charge is 2.23. The molecule has 0 bridgehead atoms. The first-order valence-electron chi connectivity index (χ1n) is 8.47. The summed E-state index contributed by atoms with van der Waals surface area (Å²) in [5.41, 5.74) is 1.28. The molecular formula is C18H25N3OS. The topological polar surface area (TPSA) is 47.0 Å². The average molecular weight is 331 g/mol. The predicted molar refractivity (Wildman–Crippen MR) is 95.0 cm³/mol. The van der Waals surface area contributed by atoms with Crippen LogP contribution in [0.2, 0.25) is 0 Å². The van der Waals surface area contributed by atoms with Gasteiger partial charge in [-0.3, -0.25) is 0 Å². The van der Waals surface area contributed by atoms with Crippen LogP contribution >= 0.6 is 11.3 Å². The largest absolute Gasteiger partial charge is 0.376 e. The third kappa shape index (κ3) is 5.01. The maximum Gasteiger partial charge on any atom is 0.205 e. The molecule has 1 aromatic carbocycles. The van der Waals surface area contributed by atoms with Crippen LogP contribution in [0.15, 0.2) is 30.3 Å². The van der Waals surface area contributed by atoms with Crippen molar-refractivity contribution in [3.05, 3.63) is 40.9 Å². The number of hydrogen-bond donors (Lipinski definition) is 1. The summed E-state index contributed by atoms with van der Waals surface area (Å²) >= 11 is 1.67. The maximum atomic E-state index is 5.91. The fraction of sp³-hybridized carbons (Fsp3) is 0.556. The van der Waals surface area contributed by atoms with Crippen LogP contribution in [0.5, 0.6) is 0 Å². The Bertz CT molecular complexity index is 591. The lowest BCUT2D eigenvalue weighted by Gasteiger charge is -2.30. The molecule has 1 fully saturated rings. The first-order chi connectivity index (χ1) is 11.2. The molecule has 0 amide bonds. The molecule has 1 heterocycles. The molecule has 1 aliphatic rings. The maximum absolute atomic E-state index is 5.91. The van der Waals surface area contributed by atoms with E-state index in [0.29, 0.717) is 18.2 Å². The zero-order valence-corrected chi connectivity index (χ0v) is 14.7. The minimum absolute atomic E-state index is 0.327. The summed E-state index contributed by atoms with van der Waals surface area (Å²) in [7, 11) is 0. The van der Waals surface area contributed by atoms with Crippen LogP contribution in [-0.4, -0.2) is 28.4 Å². The first kappa shape index (κ1) is 16.4. The van der Waals surface area contributed by atoms with Gasteiger partial charge in [-0.25, -0.2) is 0 Å². The Kier molecular flexibility index (Phi) is 5.62. The van der Waals surface area contributed by atoms with Crippen molar-refractivity contribution in [2.45, 2.75) is 64.2 Å². The smallest absolute Gasteiger partial charge is 0.205 e. The highest BCUT2D eigenvalue weighted by Crippen LogP contribution is 2.26. The van der Waals surface area contributed by atoms with Crippen LogP contribution in [0.25, 0.3) is 0 Å². The van der Waals surface area contributed by atoms with Gasteiger partial charge in [0.1, 0.15) is 5.01 Å². The van der Waals surface area contributed by atoms with E-state index in [1.807, 2.05) is 6.07 Å². The molecule has 3 rings (SSSR count). The zero-order chi connectivity index (χ0) is 16.1. The molecule has 5 heteroatoms. The van der Waals surface area contributed by atoms with E-state index in [1.165, 1.54) is 5.56 Å². The Labute approximate surface area is 142 Å². The lowest BCUT2D eigenvalue weighted by molar-refractivity contribution is -0.0133. The van der Waals surface area contributed by atoms with Crippen molar-refractivity contribution in [3.63, 3.8) is 0 Å². The third-order valence-corrected chi connectivity index (χ3v) is 4.99. The summed E-state index contributed by atoms with van der Waals surface area (Å²) in [6, 6.07) is 10.9. The van der Waals surface area contributed by atoms with E-state index in [-0.39, 0.29) is 0 Å². The van der Waals surface area contributed by atoms with Gasteiger partial charge in [-0.2, -0.15) is 0 Å². The van der Waals surface area contributed by atoms with Gasteiger partial charge in [0.2, 0.25) is 5.13 Å². The summed E-state index contributed by atoms with van der Waals surface area (Å²) in [6.45, 7) is 4.22. The van der Waals surface area contributed by atoms with Crippen LogP contribution in [-0.2, 0) is 11.2 Å². The van der Waals surface area contributed by atoms with Crippen molar-refractivity contribution < 1.29 is 4.74 Å². The number of hydrogen-bond acceptors (Lipinski definition) is 5. The van der Waals surface area contributed by atoms with Crippen molar-refractivity contribution in [2.24, 2.45) is 0 Å². The Morgan fingerprint density at radius 2 is 1.87 bits per heavy atom. The second kappa shape index (κ2) is 7.88. The van der Waals surface area contributed by atoms with E-state index in [1.54, 1.807) is 11.3 Å². The summed E-state index contributed by atoms with van der Waals surface area (Å²) in [5.74, 6) is 0. The van der Waals surface area contributed by atoms with Gasteiger partial charge >= 0.3 is 0 Å². The summed E-state index contributed by atoms with van der Waals surface area (Å²) in [6.07, 6.45) is 6.16. The lowest BCUT2D eigenvalue weighted by atomic mass is 9.93. The van der Waals surface area contributed by atoms with E-state index >= 15 is 0 Å². The van der Waals surface area contributed by atoms with Gasteiger partial charge in [-0.15, -0.1) is 10.2 Å². The number of aromatic nitrogens is 2. The van der Waals surface area contributed by atoms with Crippen LogP contribution in [0, 0.1) is 0 Å². The minimum atomic E-state index is 0.327. The van der Waals surface area contributed by atoms with Crippen LogP contribution < -0.4 is 5.32 Å². The highest BCUT2D eigenvalue weighted by molar-refractivity contribution is 7.15. The van der Waals surface area contributed by atoms with Crippen molar-refractivity contribution in [1.82, 2.24) is 10.2 Å². The molecule has 4 nitrogen and oxygen atoms in total. The molecule has 1 saturated carbocycles. The normalized spacial score (nSPS) is 21.5. The third-order valence-electron chi connectivity index (χ3n) is 4.13. The van der Waals surface area contributed by atoms with Gasteiger partial charge in [0, 0.05) is 12.5 Å². The Morgan fingerprint density at radius 3 is 2.57 bits per heavy atom. The second-order valence-electron chi connectivity index (χ2n) is 6.47. The molecule has 0 spiro atoms. The SMILES string of the molecule is CC(C)OC1CCC(Nc2nnc(Cc3ccccc3)s2)CC1. The number of benzene rings is 1. The van der Waals surface area contributed by atoms with Gasteiger partial charge in [0.15, 0.2) is 0 Å². The van der Waals surface area contributed by atoms with Crippen LogP contribution in [0.1, 0.15) is 50.1 Å². The summed E-state index contributed by atoms with van der Waals surface area (Å²) < 4.78 is 5.91. The van der Waals surface area contributed by atoms with E-state index in [4.69, 9.17) is 4.74 Å². The molecule has 23 heavy (non-hydrogen) atoms. The van der Waals surface area contributed by atoms with Crippen molar-refractivity contribution >= 4 is 16.5 Å². The molecule has 124 valence electrons. The molecule has 1 aliphatic carbocycles. The van der Waals surface area contributed by atoms with Gasteiger partial charge < -0.3 is 10.1 Å². The summed E-state index contributed by atoms with van der Waals surface area (Å²) in [4.78, 5) is 0. The Hall–Kier alpha value is -1.46. The fourth-order valence-corrected chi connectivity index (χ4v) is 3.91. The van der Waals surface area contributed by atoms with E-state index < -0.39 is 0 Å². The standard InChI is InChI=1S/C18H25N3OS/c1-13(2)22-16-10-8-15(9-11-16)19-18-21-20-17(23-18)12-14-6-4-3-5-7-14/h3-7,13,15-16H,8-12H2,1-2H3,(H,19,21). The van der Waals surface area contributed by atoms with E-state index in [2.05, 4.69) is 53.6 Å². The second-order valence-corrected chi connectivity index (χ2v) is 7.53. The van der Waals surface area contributed by atoms with E-state index in [9.17, 15) is 0 Å². The zero-order valence-electron chi connectivity index (χ0n) is 13.9. The van der Waals surface area contributed by atoms with Gasteiger partial charge in [-0.05, 0) is 45.1 Å². The fourth-order valence-electron chi connectivity index (χ4n) is 3.06. The number of nitrogens with zero attached hydrogens (tertiary/aromatic N) is 2. The molecule has 0 radical (unpaired) electrons. The van der Waals surface area contributed by atoms with Gasteiger partial charge in [0.25, 0.3) is 0 Å². The van der Waals surface area contributed by atoms with Crippen LogP contribution in [0.3, 0.4) is 0 Å². The number of nitrogens with one attached hydrogen (secondary N) is 1. The molecular weight excluding hydrogens is 306 g/mol. The molecule has 0 saturated heterocycles. The van der Waals surface area contributed by atoms with Crippen molar-refractivity contribution in [1.29, 1.82) is 0 Å². The van der Waals surface area contributed by atoms with Crippen molar-refractivity contribution in [2.75, 3.05) is 5.32 Å². The highest BCUT2D eigenvalue weighted by atomic mass is 32.1. The predicted octanol–water partition coefficient (Wildman–Crippen LogP) is 4.28. The van der Waals surface area contributed by atoms with Crippen molar-refractivity contribution in [3.8, 4) is 0 Å². The molecule has 0 aliphatic heterocycles. The van der Waals surface area contributed by atoms with Gasteiger partial charge in [0.05, 0.1) is 12.2 Å². The van der Waals surface area contributed by atoms with Crippen LogP contribution in [0.4, 0.5) is 5.13 Å². The number of rotatable bonds is 6. The quantitative estimate of drug-likeness (QED) is 0.858. The minimum Gasteiger partial charge on any atom is -0.376 e. The number of anilines is 1. The number of ether oxygens (including phenoxy) is 1. The Morgan fingerprint density at radius 1 is 1.13 bits per heavy atom. The monoisotopic (exact) mass is 331 g/mol. The molecule has 2 aromatic rings. The molecule has 1 N–H and O–H groups in total. The lowest BCUT2D eigenvalue weighted by Crippen LogP contribution is -2.31. The van der Waals surface area contributed by atoms with E-state index in [0.717, 1.165) is 42.2 Å². The van der Waals surface area contributed by atoms with Gasteiger partial charge in [-0.1, -0.05) is 41.7 Å². The summed E-state index contributed by atoms with van der Waals surface area (Å²) in [5, 5.41) is 14.2.